The number of aromatic nitrogens is 5. The van der Waals surface area contributed by atoms with Gasteiger partial charge in [0.2, 0.25) is 5.16 Å². The van der Waals surface area contributed by atoms with E-state index in [1.165, 1.54) is 11.8 Å². The van der Waals surface area contributed by atoms with Gasteiger partial charge in [0.15, 0.2) is 5.78 Å². The van der Waals surface area contributed by atoms with Crippen LogP contribution < -0.4 is 0 Å². The van der Waals surface area contributed by atoms with Gasteiger partial charge in [-0.15, -0.1) is 5.10 Å². The summed E-state index contributed by atoms with van der Waals surface area (Å²) in [5, 5.41) is 13.3. The Morgan fingerprint density at radius 3 is 2.93 bits per heavy atom. The molecule has 4 rings (SSSR count). The average molecular weight is 446 g/mol. The van der Waals surface area contributed by atoms with Gasteiger partial charge in [0.1, 0.15) is 0 Å². The lowest BCUT2D eigenvalue weighted by atomic mass is 10.2. The van der Waals surface area contributed by atoms with Gasteiger partial charge in [0, 0.05) is 35.1 Å². The van der Waals surface area contributed by atoms with Crippen LogP contribution in [-0.2, 0) is 17.8 Å². The number of ether oxygens (including phenoxy) is 1. The monoisotopic (exact) mass is 445 g/mol. The second-order valence-electron chi connectivity index (χ2n) is 7.45. The van der Waals surface area contributed by atoms with Crippen LogP contribution in [0.1, 0.15) is 40.2 Å². The van der Waals surface area contributed by atoms with Gasteiger partial charge in [-0.1, -0.05) is 41.6 Å². The molecule has 0 N–H and O–H groups in total. The van der Waals surface area contributed by atoms with Crippen LogP contribution in [-0.4, -0.2) is 49.0 Å². The Morgan fingerprint density at radius 1 is 1.33 bits per heavy atom. The summed E-state index contributed by atoms with van der Waals surface area (Å²) in [5.41, 5.74) is 3.73. The molecule has 2 aromatic heterocycles. The van der Waals surface area contributed by atoms with Gasteiger partial charge in [-0.2, -0.15) is 0 Å². The molecule has 7 nitrogen and oxygen atoms in total. The molecule has 1 fully saturated rings. The molecule has 0 saturated carbocycles. The summed E-state index contributed by atoms with van der Waals surface area (Å²) >= 11 is 7.68. The Kier molecular flexibility index (Phi) is 6.55. The number of carbonyl (C=O) groups excluding carboxylic acids is 1. The maximum atomic E-state index is 12.9. The molecule has 9 heteroatoms. The van der Waals surface area contributed by atoms with Crippen LogP contribution in [0, 0.1) is 13.8 Å². The van der Waals surface area contributed by atoms with Crippen molar-refractivity contribution in [2.24, 2.45) is 0 Å². The molecule has 1 saturated heterocycles. The topological polar surface area (TPSA) is 74.8 Å². The predicted molar refractivity (Wildman–Crippen MR) is 116 cm³/mol. The van der Waals surface area contributed by atoms with Crippen LogP contribution in [0.3, 0.4) is 0 Å². The summed E-state index contributed by atoms with van der Waals surface area (Å²) in [7, 11) is 0. The Labute approximate surface area is 184 Å². The third-order valence-corrected chi connectivity index (χ3v) is 6.72. The second kappa shape index (κ2) is 9.32. The number of benzene rings is 1. The van der Waals surface area contributed by atoms with Gasteiger partial charge in [-0.25, -0.2) is 4.68 Å². The zero-order chi connectivity index (χ0) is 21.1. The number of aryl methyl sites for hydroxylation is 1. The van der Waals surface area contributed by atoms with Crippen LogP contribution in [0.5, 0.6) is 0 Å². The molecule has 0 bridgehead atoms. The van der Waals surface area contributed by atoms with Crippen molar-refractivity contribution in [2.75, 3.05) is 12.4 Å². The van der Waals surface area contributed by atoms with E-state index in [1.807, 2.05) is 44.2 Å². The molecule has 3 aromatic rings. The van der Waals surface area contributed by atoms with E-state index in [1.54, 1.807) is 4.68 Å². The first kappa shape index (κ1) is 21.1. The first-order chi connectivity index (χ1) is 14.5. The van der Waals surface area contributed by atoms with E-state index in [2.05, 4.69) is 20.1 Å². The first-order valence-electron chi connectivity index (χ1n) is 9.97. The van der Waals surface area contributed by atoms with E-state index in [4.69, 9.17) is 16.3 Å². The Balaban J connectivity index is 1.43. The third kappa shape index (κ3) is 4.61. The average Bonchev–Trinajstić information content (AvgIpc) is 3.46. The summed E-state index contributed by atoms with van der Waals surface area (Å²) in [6, 6.07) is 9.73. The quantitative estimate of drug-likeness (QED) is 0.386. The number of halogens is 1. The SMILES string of the molecule is Cc1cc(C(=O)CSc2nnnn2CC2CCCO2)c(C)n1Cc1ccccc1Cl. The lowest BCUT2D eigenvalue weighted by molar-refractivity contribution is 0.0912. The fraction of sp³-hybridized carbons (Fsp3) is 0.429. The van der Waals surface area contributed by atoms with Crippen LogP contribution in [0.4, 0.5) is 0 Å². The molecule has 0 radical (unpaired) electrons. The van der Waals surface area contributed by atoms with Crippen molar-refractivity contribution >= 4 is 29.1 Å². The van der Waals surface area contributed by atoms with Crippen molar-refractivity contribution in [3.8, 4) is 0 Å². The minimum atomic E-state index is 0.0603. The lowest BCUT2D eigenvalue weighted by Crippen LogP contribution is -2.17. The normalized spacial score (nSPS) is 16.3. The zero-order valence-corrected chi connectivity index (χ0v) is 18.6. The van der Waals surface area contributed by atoms with Crippen LogP contribution in [0.15, 0.2) is 35.5 Å². The van der Waals surface area contributed by atoms with Crippen molar-refractivity contribution < 1.29 is 9.53 Å². The molecule has 0 aliphatic carbocycles. The molecule has 158 valence electrons. The Hall–Kier alpha value is -2.16. The smallest absolute Gasteiger partial charge is 0.209 e. The van der Waals surface area contributed by atoms with Crippen molar-refractivity contribution in [1.29, 1.82) is 0 Å². The molecule has 0 amide bonds. The van der Waals surface area contributed by atoms with E-state index in [9.17, 15) is 4.79 Å². The summed E-state index contributed by atoms with van der Waals surface area (Å²) in [6.07, 6.45) is 2.23. The summed E-state index contributed by atoms with van der Waals surface area (Å²) in [5.74, 6) is 0.340. The number of nitrogens with zero attached hydrogens (tertiary/aromatic N) is 5. The molecule has 1 aromatic carbocycles. The van der Waals surface area contributed by atoms with Gasteiger partial charge in [0.05, 0.1) is 18.4 Å². The van der Waals surface area contributed by atoms with Crippen molar-refractivity contribution in [2.45, 2.75) is 51.0 Å². The molecular formula is C21H24ClN5O2S. The Bertz CT molecular complexity index is 1040. The third-order valence-electron chi connectivity index (χ3n) is 5.39. The van der Waals surface area contributed by atoms with Crippen LogP contribution in [0.25, 0.3) is 0 Å². The van der Waals surface area contributed by atoms with E-state index in [-0.39, 0.29) is 17.6 Å². The molecular weight excluding hydrogens is 422 g/mol. The van der Waals surface area contributed by atoms with E-state index in [0.717, 1.165) is 47.0 Å². The molecule has 0 spiro atoms. The summed E-state index contributed by atoms with van der Waals surface area (Å²) in [6.45, 7) is 6.03. The lowest BCUT2D eigenvalue weighted by Gasteiger charge is -2.11. The number of hydrogen-bond donors (Lipinski definition) is 0. The standard InChI is InChI=1S/C21H24ClN5O2S/c1-14-10-18(15(2)26(14)11-16-6-3-4-8-19(16)22)20(28)13-30-21-23-24-25-27(21)12-17-7-5-9-29-17/h3-4,6,8,10,17H,5,7,9,11-13H2,1-2H3. The Morgan fingerprint density at radius 2 is 2.17 bits per heavy atom. The number of ketones is 1. The molecule has 1 aliphatic rings. The molecule has 1 unspecified atom stereocenters. The number of thioether (sulfide) groups is 1. The molecule has 30 heavy (non-hydrogen) atoms. The van der Waals surface area contributed by atoms with E-state index in [0.29, 0.717) is 18.2 Å². The minimum Gasteiger partial charge on any atom is -0.376 e. The number of tetrazole rings is 1. The van der Waals surface area contributed by atoms with E-state index < -0.39 is 0 Å². The largest absolute Gasteiger partial charge is 0.376 e. The second-order valence-corrected chi connectivity index (χ2v) is 8.80. The summed E-state index contributed by atoms with van der Waals surface area (Å²) < 4.78 is 9.52. The number of hydrogen-bond acceptors (Lipinski definition) is 6. The molecule has 1 atom stereocenters. The van der Waals surface area contributed by atoms with Crippen molar-refractivity contribution in [3.05, 3.63) is 57.9 Å². The maximum Gasteiger partial charge on any atom is 0.209 e. The number of Topliss-reactive ketones (excluding diaryl/α,β-unsaturated/α-hetero) is 1. The van der Waals surface area contributed by atoms with Gasteiger partial charge in [0.25, 0.3) is 0 Å². The predicted octanol–water partition coefficient (Wildman–Crippen LogP) is 3.95. The van der Waals surface area contributed by atoms with Gasteiger partial charge < -0.3 is 9.30 Å². The van der Waals surface area contributed by atoms with Gasteiger partial charge >= 0.3 is 0 Å². The fourth-order valence-corrected chi connectivity index (χ4v) is 4.69. The van der Waals surface area contributed by atoms with Gasteiger partial charge in [-0.3, -0.25) is 4.79 Å². The fourth-order valence-electron chi connectivity index (χ4n) is 3.73. The highest BCUT2D eigenvalue weighted by atomic mass is 35.5. The van der Waals surface area contributed by atoms with Gasteiger partial charge in [-0.05, 0) is 54.8 Å². The summed E-state index contributed by atoms with van der Waals surface area (Å²) in [4.78, 5) is 12.9. The molecule has 1 aliphatic heterocycles. The zero-order valence-electron chi connectivity index (χ0n) is 17.0. The van der Waals surface area contributed by atoms with Crippen LogP contribution in [0.2, 0.25) is 5.02 Å². The molecule has 3 heterocycles. The maximum absolute atomic E-state index is 12.9. The minimum absolute atomic E-state index is 0.0603. The number of carbonyl (C=O) groups is 1. The van der Waals surface area contributed by atoms with Crippen LogP contribution >= 0.6 is 23.4 Å². The number of rotatable bonds is 8. The van der Waals surface area contributed by atoms with E-state index >= 15 is 0 Å². The first-order valence-corrected chi connectivity index (χ1v) is 11.3. The van der Waals surface area contributed by atoms with Crippen molar-refractivity contribution in [3.63, 3.8) is 0 Å². The highest BCUT2D eigenvalue weighted by molar-refractivity contribution is 7.99. The highest BCUT2D eigenvalue weighted by Gasteiger charge is 2.21. The van der Waals surface area contributed by atoms with Crippen molar-refractivity contribution in [1.82, 2.24) is 24.8 Å². The highest BCUT2D eigenvalue weighted by Crippen LogP contribution is 2.24.